The van der Waals surface area contributed by atoms with Crippen LogP contribution in [0.25, 0.3) is 11.1 Å². The molecule has 0 amide bonds. The molecular weight excluding hydrogens is 330 g/mol. The Morgan fingerprint density at radius 2 is 2.08 bits per heavy atom. The molecule has 128 valence electrons. The van der Waals surface area contributed by atoms with E-state index in [0.717, 1.165) is 11.1 Å². The summed E-state index contributed by atoms with van der Waals surface area (Å²) in [6.45, 7) is 2.39. The number of hydrogen-bond donors (Lipinski definition) is 1. The Hall–Kier alpha value is -2.12. The molecule has 1 atom stereocenters. The fraction of sp³-hybridized carbons (Fsp3) is 0.353. The van der Waals surface area contributed by atoms with Gasteiger partial charge in [-0.3, -0.25) is 9.35 Å². The smallest absolute Gasteiger partial charge is 0.357 e. The molecule has 1 aliphatic rings. The van der Waals surface area contributed by atoms with Gasteiger partial charge in [0.05, 0.1) is 6.61 Å². The first-order valence-corrected chi connectivity index (χ1v) is 8.71. The highest BCUT2D eigenvalue weighted by Gasteiger charge is 2.23. The Kier molecular flexibility index (Phi) is 4.73. The number of aryl methyl sites for hydroxylation is 2. The molecular formula is C17H19NO5S. The molecule has 3 rings (SSSR count). The Bertz CT molecular complexity index is 815. The van der Waals surface area contributed by atoms with E-state index < -0.39 is 11.4 Å². The Balaban J connectivity index is 2.03. The first kappa shape index (κ1) is 16.7. The van der Waals surface area contributed by atoms with Gasteiger partial charge < -0.3 is 13.5 Å². The maximum absolute atomic E-state index is 11.9. The number of benzene rings is 1. The van der Waals surface area contributed by atoms with E-state index in [1.165, 1.54) is 17.4 Å². The third kappa shape index (κ3) is 3.85. The van der Waals surface area contributed by atoms with Crippen molar-refractivity contribution in [2.75, 3.05) is 6.61 Å². The first-order chi connectivity index (χ1) is 11.4. The van der Waals surface area contributed by atoms with Gasteiger partial charge in [-0.2, -0.15) is 4.21 Å². The summed E-state index contributed by atoms with van der Waals surface area (Å²) in [5.41, 5.74) is 2.05. The van der Waals surface area contributed by atoms with Crippen LogP contribution in [0.3, 0.4) is 0 Å². The first-order valence-electron chi connectivity index (χ1n) is 7.67. The van der Waals surface area contributed by atoms with Gasteiger partial charge in [-0.05, 0) is 49.9 Å². The van der Waals surface area contributed by atoms with Crippen LogP contribution in [0.5, 0.6) is 11.5 Å². The van der Waals surface area contributed by atoms with Crippen LogP contribution in [0, 0.1) is 12.8 Å². The van der Waals surface area contributed by atoms with E-state index >= 15 is 0 Å². The Morgan fingerprint density at radius 3 is 2.71 bits per heavy atom. The number of pyridine rings is 1. The molecule has 1 saturated carbocycles. The van der Waals surface area contributed by atoms with Gasteiger partial charge in [0.25, 0.3) is 5.56 Å². The van der Waals surface area contributed by atoms with E-state index in [4.69, 9.17) is 13.5 Å². The van der Waals surface area contributed by atoms with Gasteiger partial charge in [-0.15, -0.1) is 0 Å². The van der Waals surface area contributed by atoms with Gasteiger partial charge in [0, 0.05) is 29.9 Å². The van der Waals surface area contributed by atoms with Crippen LogP contribution in [0.15, 0.2) is 35.3 Å². The zero-order valence-corrected chi connectivity index (χ0v) is 14.3. The van der Waals surface area contributed by atoms with Crippen LogP contribution in [0.4, 0.5) is 0 Å². The predicted molar refractivity (Wildman–Crippen MR) is 91.5 cm³/mol. The molecule has 0 spiro atoms. The standard InChI is InChI=1S/C17H19NO5S/c1-11-7-13(9-18(2)17(11)19)15-8-14(23-24(20)21)5-6-16(15)22-10-12-3-4-12/h5-9,12H,3-4,10H2,1-2H3,(H,20,21). The van der Waals surface area contributed by atoms with Gasteiger partial charge in [0.2, 0.25) is 0 Å². The number of nitrogens with zero attached hydrogens (tertiary/aromatic N) is 1. The lowest BCUT2D eigenvalue weighted by Gasteiger charge is -2.14. The van der Waals surface area contributed by atoms with Crippen LogP contribution < -0.4 is 14.5 Å². The molecule has 1 fully saturated rings. The third-order valence-electron chi connectivity index (χ3n) is 3.96. The molecule has 1 aromatic carbocycles. The van der Waals surface area contributed by atoms with Gasteiger partial charge in [-0.1, -0.05) is 0 Å². The van der Waals surface area contributed by atoms with Crippen LogP contribution in [0.1, 0.15) is 18.4 Å². The summed E-state index contributed by atoms with van der Waals surface area (Å²) in [5, 5.41) is 0. The van der Waals surface area contributed by atoms with Crippen molar-refractivity contribution in [1.29, 1.82) is 0 Å². The van der Waals surface area contributed by atoms with Crippen molar-refractivity contribution >= 4 is 11.4 Å². The van der Waals surface area contributed by atoms with Crippen molar-refractivity contribution < 1.29 is 17.7 Å². The minimum Gasteiger partial charge on any atom is -0.493 e. The van der Waals surface area contributed by atoms with E-state index in [1.54, 1.807) is 44.4 Å². The molecule has 1 aromatic heterocycles. The molecule has 1 unspecified atom stereocenters. The summed E-state index contributed by atoms with van der Waals surface area (Å²) in [6, 6.07) is 6.74. The zero-order chi connectivity index (χ0) is 17.3. The molecule has 1 aliphatic carbocycles. The summed E-state index contributed by atoms with van der Waals surface area (Å²) >= 11 is -2.40. The Morgan fingerprint density at radius 1 is 1.33 bits per heavy atom. The van der Waals surface area contributed by atoms with Crippen LogP contribution in [0.2, 0.25) is 0 Å². The zero-order valence-electron chi connectivity index (χ0n) is 13.5. The molecule has 1 N–H and O–H groups in total. The average Bonchev–Trinajstić information content (AvgIpc) is 3.34. The summed E-state index contributed by atoms with van der Waals surface area (Å²) in [4.78, 5) is 11.9. The highest BCUT2D eigenvalue weighted by Crippen LogP contribution is 2.36. The second-order valence-corrected chi connectivity index (χ2v) is 6.64. The SMILES string of the molecule is Cc1cc(-c2cc(OS(=O)O)ccc2OCC2CC2)cn(C)c1=O. The maximum atomic E-state index is 11.9. The van der Waals surface area contributed by atoms with Crippen molar-refractivity contribution in [3.63, 3.8) is 0 Å². The number of hydrogen-bond acceptors (Lipinski definition) is 4. The molecule has 24 heavy (non-hydrogen) atoms. The molecule has 1 heterocycles. The highest BCUT2D eigenvalue weighted by atomic mass is 32.2. The van der Waals surface area contributed by atoms with Gasteiger partial charge in [0.15, 0.2) is 0 Å². The molecule has 0 saturated heterocycles. The molecule has 0 aliphatic heterocycles. The summed E-state index contributed by atoms with van der Waals surface area (Å²) < 4.78 is 32.1. The lowest BCUT2D eigenvalue weighted by atomic mass is 10.0. The highest BCUT2D eigenvalue weighted by molar-refractivity contribution is 7.74. The van der Waals surface area contributed by atoms with Crippen molar-refractivity contribution in [1.82, 2.24) is 4.57 Å². The van der Waals surface area contributed by atoms with Gasteiger partial charge >= 0.3 is 11.4 Å². The molecule has 6 nitrogen and oxygen atoms in total. The predicted octanol–water partition coefficient (Wildman–Crippen LogP) is 2.67. The van der Waals surface area contributed by atoms with Crippen LogP contribution >= 0.6 is 0 Å². The number of aromatic nitrogens is 1. The van der Waals surface area contributed by atoms with E-state index in [0.29, 0.717) is 23.8 Å². The number of rotatable bonds is 6. The monoisotopic (exact) mass is 349 g/mol. The average molecular weight is 349 g/mol. The Labute approximate surface area is 142 Å². The topological polar surface area (TPSA) is 77.8 Å². The maximum Gasteiger partial charge on any atom is 0.357 e. The van der Waals surface area contributed by atoms with E-state index in [1.807, 2.05) is 0 Å². The fourth-order valence-corrected chi connectivity index (χ4v) is 2.78. The second kappa shape index (κ2) is 6.78. The van der Waals surface area contributed by atoms with E-state index in [9.17, 15) is 9.00 Å². The van der Waals surface area contributed by atoms with Crippen molar-refractivity contribution in [2.45, 2.75) is 19.8 Å². The van der Waals surface area contributed by atoms with Crippen molar-refractivity contribution in [3.8, 4) is 22.6 Å². The lowest BCUT2D eigenvalue weighted by Crippen LogP contribution is -2.18. The lowest BCUT2D eigenvalue weighted by molar-refractivity contribution is 0.300. The molecule has 0 radical (unpaired) electrons. The minimum absolute atomic E-state index is 0.0666. The van der Waals surface area contributed by atoms with Crippen molar-refractivity contribution in [2.24, 2.45) is 13.0 Å². The van der Waals surface area contributed by atoms with Gasteiger partial charge in [-0.25, -0.2) is 0 Å². The quantitative estimate of drug-likeness (QED) is 0.811. The minimum atomic E-state index is -2.40. The number of ether oxygens (including phenoxy) is 1. The molecule has 2 aromatic rings. The normalized spacial score (nSPS) is 15.1. The second-order valence-electron chi connectivity index (χ2n) is 6.04. The largest absolute Gasteiger partial charge is 0.493 e. The van der Waals surface area contributed by atoms with E-state index in [-0.39, 0.29) is 11.3 Å². The summed E-state index contributed by atoms with van der Waals surface area (Å²) in [7, 11) is 1.69. The molecule has 7 heteroatoms. The molecule has 0 bridgehead atoms. The van der Waals surface area contributed by atoms with Crippen LogP contribution in [-0.4, -0.2) is 19.9 Å². The van der Waals surface area contributed by atoms with E-state index in [2.05, 4.69) is 0 Å². The summed E-state index contributed by atoms with van der Waals surface area (Å²) in [5.74, 6) is 1.52. The fourth-order valence-electron chi connectivity index (χ4n) is 2.51. The van der Waals surface area contributed by atoms with Gasteiger partial charge in [0.1, 0.15) is 11.5 Å². The summed E-state index contributed by atoms with van der Waals surface area (Å²) in [6.07, 6.45) is 4.08. The third-order valence-corrected chi connectivity index (χ3v) is 4.30. The van der Waals surface area contributed by atoms with Crippen LogP contribution in [-0.2, 0) is 18.4 Å². The van der Waals surface area contributed by atoms with Crippen molar-refractivity contribution in [3.05, 3.63) is 46.4 Å².